The molecule has 4 atom stereocenters. The van der Waals surface area contributed by atoms with Gasteiger partial charge < -0.3 is 24.4 Å². The number of rotatable bonds is 11. The van der Waals surface area contributed by atoms with Crippen LogP contribution in [0.4, 0.5) is 5.69 Å². The maximum Gasteiger partial charge on any atom is 0.264 e. The van der Waals surface area contributed by atoms with Gasteiger partial charge in [-0.2, -0.15) is 0 Å². The molecule has 0 aromatic heterocycles. The van der Waals surface area contributed by atoms with E-state index in [2.05, 4.69) is 95.5 Å². The largest absolute Gasteiger partial charge is 0.497 e. The van der Waals surface area contributed by atoms with Crippen molar-refractivity contribution in [1.82, 2.24) is 4.90 Å². The smallest absolute Gasteiger partial charge is 0.264 e. The number of halogens is 2. The van der Waals surface area contributed by atoms with Crippen molar-refractivity contribution in [2.24, 2.45) is 5.92 Å². The Hall–Kier alpha value is -2.78. The fourth-order valence-corrected chi connectivity index (χ4v) is 13.1. The Morgan fingerprint density at radius 1 is 0.959 bits per heavy atom. The van der Waals surface area contributed by atoms with Crippen molar-refractivity contribution < 1.29 is 24.2 Å². The molecule has 2 heterocycles. The van der Waals surface area contributed by atoms with Gasteiger partial charge in [-0.3, -0.25) is 9.59 Å². The Morgan fingerprint density at radius 2 is 1.65 bits per heavy atom. The monoisotopic (exact) mass is 900 g/mol. The molecule has 0 aliphatic carbocycles. The Morgan fingerprint density at radius 3 is 2.33 bits per heavy atom. The average molecular weight is 901 g/mol. The lowest BCUT2D eigenvalue weighted by atomic mass is 9.82. The highest BCUT2D eigenvalue weighted by Crippen LogP contribution is 2.60. The van der Waals surface area contributed by atoms with E-state index in [-0.39, 0.29) is 42.8 Å². The number of fused-ring (bicyclic) bond motifs is 2. The summed E-state index contributed by atoms with van der Waals surface area (Å²) in [5.41, 5.74) is 2.45. The van der Waals surface area contributed by atoms with Crippen LogP contribution in [0.1, 0.15) is 30.0 Å². The number of aliphatic hydroxyl groups excluding tert-OH is 1. The van der Waals surface area contributed by atoms with Crippen LogP contribution < -0.4 is 14.8 Å². The van der Waals surface area contributed by atoms with E-state index in [1.807, 2.05) is 71.6 Å². The Kier molecular flexibility index (Phi) is 10.9. The summed E-state index contributed by atoms with van der Waals surface area (Å²) in [6.07, 6.45) is -0.407. The predicted octanol–water partition coefficient (Wildman–Crippen LogP) is 7.08. The first-order chi connectivity index (χ1) is 23.5. The predicted molar refractivity (Wildman–Crippen MR) is 213 cm³/mol. The van der Waals surface area contributed by atoms with E-state index in [1.165, 1.54) is 5.19 Å². The molecule has 2 aliphatic heterocycles. The number of hydrogen-bond acceptors (Lipinski definition) is 5. The SMILES string of the molecule is COc1ccc([Si](C)(C)[C@H]2[C@H](CC(=O)N(CCO)Cc3ccccc3)O[C@@]3(C(=O)N(Cc4cccc(I)c4)c4ccc(I)cc43)[C@@H]2C)cc1. The van der Waals surface area contributed by atoms with E-state index in [4.69, 9.17) is 9.47 Å². The second-order valence-electron chi connectivity index (χ2n) is 13.6. The number of amides is 2. The summed E-state index contributed by atoms with van der Waals surface area (Å²) in [5, 5.41) is 11.2. The molecule has 0 radical (unpaired) electrons. The Bertz CT molecular complexity index is 1820. The van der Waals surface area contributed by atoms with E-state index in [9.17, 15) is 9.90 Å². The zero-order valence-electron chi connectivity index (χ0n) is 28.2. The number of nitrogens with zero attached hydrogens (tertiary/aromatic N) is 2. The number of hydrogen-bond donors (Lipinski definition) is 1. The minimum Gasteiger partial charge on any atom is -0.497 e. The molecule has 49 heavy (non-hydrogen) atoms. The van der Waals surface area contributed by atoms with E-state index < -0.39 is 19.8 Å². The number of aliphatic hydroxyl groups is 1. The van der Waals surface area contributed by atoms with Crippen LogP contribution in [0, 0.1) is 13.1 Å². The molecule has 1 fully saturated rings. The summed E-state index contributed by atoms with van der Waals surface area (Å²) in [5.74, 6) is 0.390. The van der Waals surface area contributed by atoms with Gasteiger partial charge >= 0.3 is 0 Å². The lowest BCUT2D eigenvalue weighted by molar-refractivity contribution is -0.150. The maximum atomic E-state index is 15.1. The molecule has 10 heteroatoms. The highest BCUT2D eigenvalue weighted by atomic mass is 127. The van der Waals surface area contributed by atoms with E-state index in [0.29, 0.717) is 13.1 Å². The lowest BCUT2D eigenvalue weighted by Gasteiger charge is -2.37. The molecule has 0 saturated carbocycles. The summed E-state index contributed by atoms with van der Waals surface area (Å²) in [6.45, 7) is 7.69. The molecule has 0 unspecified atom stereocenters. The normalized spacial score (nSPS) is 21.7. The van der Waals surface area contributed by atoms with E-state index in [0.717, 1.165) is 35.3 Å². The summed E-state index contributed by atoms with van der Waals surface area (Å²) < 4.78 is 14.8. The summed E-state index contributed by atoms with van der Waals surface area (Å²) in [6, 6.07) is 32.5. The number of carbonyl (C=O) groups is 2. The molecule has 2 amide bonds. The summed E-state index contributed by atoms with van der Waals surface area (Å²) in [4.78, 5) is 32.9. The molecule has 0 bridgehead atoms. The molecule has 1 N–H and O–H groups in total. The van der Waals surface area contributed by atoms with Gasteiger partial charge in [-0.05, 0) is 104 Å². The van der Waals surface area contributed by atoms with Crippen LogP contribution >= 0.6 is 45.2 Å². The van der Waals surface area contributed by atoms with Crippen molar-refractivity contribution in [3.8, 4) is 5.75 Å². The van der Waals surface area contributed by atoms with Gasteiger partial charge in [0, 0.05) is 31.7 Å². The van der Waals surface area contributed by atoms with Crippen LogP contribution in [-0.2, 0) is 33.0 Å². The van der Waals surface area contributed by atoms with Crippen LogP contribution in [0.5, 0.6) is 5.75 Å². The van der Waals surface area contributed by atoms with Gasteiger partial charge in [-0.1, -0.05) is 79.8 Å². The van der Waals surface area contributed by atoms with Crippen molar-refractivity contribution in [3.05, 3.63) is 121 Å². The average Bonchev–Trinajstić information content (AvgIpc) is 3.51. The Balaban J connectivity index is 1.43. The van der Waals surface area contributed by atoms with Gasteiger partial charge in [0.05, 0.1) is 46.5 Å². The second kappa shape index (κ2) is 14.8. The maximum absolute atomic E-state index is 15.1. The topological polar surface area (TPSA) is 79.3 Å². The highest BCUT2D eigenvalue weighted by Gasteiger charge is 2.66. The van der Waals surface area contributed by atoms with Gasteiger partial charge in [0.15, 0.2) is 5.60 Å². The molecule has 4 aromatic carbocycles. The second-order valence-corrected chi connectivity index (χ2v) is 20.7. The molecule has 7 nitrogen and oxygen atoms in total. The summed E-state index contributed by atoms with van der Waals surface area (Å²) >= 11 is 4.61. The van der Waals surface area contributed by atoms with Gasteiger partial charge in [0.1, 0.15) is 5.75 Å². The number of methoxy groups -OCH3 is 1. The molecule has 1 spiro atoms. The molecule has 256 valence electrons. The molecular formula is C39H42I2N2O5Si. The molecule has 1 saturated heterocycles. The van der Waals surface area contributed by atoms with Crippen molar-refractivity contribution >= 4 is 75.9 Å². The van der Waals surface area contributed by atoms with Crippen LogP contribution in [0.15, 0.2) is 97.1 Å². The molecular weight excluding hydrogens is 858 g/mol. The van der Waals surface area contributed by atoms with Crippen LogP contribution in [0.25, 0.3) is 0 Å². The lowest BCUT2D eigenvalue weighted by Crippen LogP contribution is -2.52. The number of anilines is 1. The van der Waals surface area contributed by atoms with Crippen molar-refractivity contribution in [1.29, 1.82) is 0 Å². The van der Waals surface area contributed by atoms with E-state index in [1.54, 1.807) is 12.0 Å². The third-order valence-electron chi connectivity index (χ3n) is 10.3. The first-order valence-corrected chi connectivity index (χ1v) is 21.8. The standard InChI is InChI=1S/C39H42I2N2O5Si/c1-26-37(49(3,4)32-16-14-31(47-2)15-17-32)35(23-36(45)42(19-20-44)24-27-9-6-5-7-10-27)48-39(26)33-22-30(41)13-18-34(33)43(38(39)46)25-28-11-8-12-29(40)21-28/h5-18,21-22,26,35,37,44H,19-20,23-25H2,1-4H3/t26-,35+,37-,39+/m1/s1. The zero-order valence-corrected chi connectivity index (χ0v) is 33.6. The van der Waals surface area contributed by atoms with Crippen LogP contribution in [-0.4, -0.2) is 56.3 Å². The first kappa shape index (κ1) is 36.0. The third kappa shape index (κ3) is 6.95. The van der Waals surface area contributed by atoms with Gasteiger partial charge in [-0.25, -0.2) is 0 Å². The van der Waals surface area contributed by atoms with Crippen molar-refractivity contribution in [2.45, 2.75) is 56.8 Å². The highest BCUT2D eigenvalue weighted by molar-refractivity contribution is 14.1. The number of ether oxygens (including phenoxy) is 2. The molecule has 4 aromatic rings. The van der Waals surface area contributed by atoms with Crippen LogP contribution in [0.3, 0.4) is 0 Å². The third-order valence-corrected chi connectivity index (χ3v) is 16.0. The minimum absolute atomic E-state index is 0.0770. The van der Waals surface area contributed by atoms with Gasteiger partial charge in [0.25, 0.3) is 5.91 Å². The quantitative estimate of drug-likeness (QED) is 0.129. The fourth-order valence-electron chi connectivity index (χ4n) is 7.98. The van der Waals surface area contributed by atoms with E-state index >= 15 is 4.79 Å². The van der Waals surface area contributed by atoms with Crippen molar-refractivity contribution in [2.75, 3.05) is 25.2 Å². The first-order valence-electron chi connectivity index (χ1n) is 16.6. The molecule has 2 aliphatic rings. The molecule has 6 rings (SSSR count). The Labute approximate surface area is 317 Å². The number of benzene rings is 4. The van der Waals surface area contributed by atoms with Crippen molar-refractivity contribution in [3.63, 3.8) is 0 Å². The van der Waals surface area contributed by atoms with Gasteiger partial charge in [-0.15, -0.1) is 0 Å². The zero-order chi connectivity index (χ0) is 34.9. The summed E-state index contributed by atoms with van der Waals surface area (Å²) in [7, 11) is -0.776. The van der Waals surface area contributed by atoms with Gasteiger partial charge in [0.2, 0.25) is 5.91 Å². The van der Waals surface area contributed by atoms with Crippen LogP contribution in [0.2, 0.25) is 18.6 Å². The fraction of sp³-hybridized carbons (Fsp3) is 0.333. The number of carbonyl (C=O) groups excluding carboxylic acids is 2. The minimum atomic E-state index is -2.44.